The van der Waals surface area contributed by atoms with Crippen LogP contribution in [0.2, 0.25) is 0 Å². The minimum Gasteiger partial charge on any atom is -0.422 e. The molecule has 1 aromatic carbocycles. The zero-order valence-corrected chi connectivity index (χ0v) is 12.9. The Morgan fingerprint density at radius 3 is 2.82 bits per heavy atom. The fraction of sp³-hybridized carbons (Fsp3) is 0. The van der Waals surface area contributed by atoms with Crippen LogP contribution in [0.4, 0.5) is 0 Å². The third-order valence-corrected chi connectivity index (χ3v) is 3.93. The van der Waals surface area contributed by atoms with Crippen molar-refractivity contribution in [1.29, 1.82) is 0 Å². The van der Waals surface area contributed by atoms with Gasteiger partial charge in [0, 0.05) is 21.4 Å². The predicted octanol–water partition coefficient (Wildman–Crippen LogP) is 4.17. The van der Waals surface area contributed by atoms with Crippen LogP contribution >= 0.6 is 15.9 Å². The zero-order valence-electron chi connectivity index (χ0n) is 11.3. The molecule has 0 aliphatic heterocycles. The summed E-state index contributed by atoms with van der Waals surface area (Å²) in [5.41, 5.74) is 1.74. The summed E-state index contributed by atoms with van der Waals surface area (Å²) < 4.78 is 6.30. The normalized spacial score (nSPS) is 11.1. The van der Waals surface area contributed by atoms with Crippen molar-refractivity contribution in [1.82, 2.24) is 9.97 Å². The maximum Gasteiger partial charge on any atom is 0.345 e. The van der Waals surface area contributed by atoms with E-state index in [-0.39, 0.29) is 0 Å². The standard InChI is InChI=1S/C17H9BrN2O2/c18-12-4-6-15-11(8-12)9-13(17(21)22-15)14-5-3-10-2-1-7-19-16(10)20-14/h1-9H. The third kappa shape index (κ3) is 2.19. The van der Waals surface area contributed by atoms with Crippen LogP contribution in [0, 0.1) is 0 Å². The average Bonchev–Trinajstić information content (AvgIpc) is 2.54. The van der Waals surface area contributed by atoms with Gasteiger partial charge in [0.1, 0.15) is 5.58 Å². The number of aromatic nitrogens is 2. The molecular weight excluding hydrogens is 344 g/mol. The van der Waals surface area contributed by atoms with Crippen LogP contribution in [0.1, 0.15) is 0 Å². The van der Waals surface area contributed by atoms with Gasteiger partial charge in [-0.1, -0.05) is 15.9 Å². The van der Waals surface area contributed by atoms with E-state index in [2.05, 4.69) is 25.9 Å². The van der Waals surface area contributed by atoms with Crippen molar-refractivity contribution < 1.29 is 4.42 Å². The zero-order chi connectivity index (χ0) is 15.1. The van der Waals surface area contributed by atoms with Gasteiger partial charge in [-0.05, 0) is 48.5 Å². The van der Waals surface area contributed by atoms with Crippen LogP contribution < -0.4 is 5.63 Å². The molecule has 0 bridgehead atoms. The molecule has 0 atom stereocenters. The van der Waals surface area contributed by atoms with Crippen molar-refractivity contribution in [2.24, 2.45) is 0 Å². The number of hydrogen-bond acceptors (Lipinski definition) is 4. The molecular formula is C17H9BrN2O2. The lowest BCUT2D eigenvalue weighted by molar-refractivity contribution is 0.563. The Labute approximate surface area is 133 Å². The van der Waals surface area contributed by atoms with Gasteiger partial charge in [-0.2, -0.15) is 0 Å². The molecule has 0 unspecified atom stereocenters. The molecule has 106 valence electrons. The van der Waals surface area contributed by atoms with Crippen molar-refractivity contribution >= 4 is 37.9 Å². The summed E-state index contributed by atoms with van der Waals surface area (Å²) in [5.74, 6) is 0. The lowest BCUT2D eigenvalue weighted by atomic mass is 10.1. The molecule has 0 aliphatic rings. The first kappa shape index (κ1) is 13.2. The number of halogens is 1. The largest absolute Gasteiger partial charge is 0.422 e. The number of nitrogens with zero attached hydrogens (tertiary/aromatic N) is 2. The van der Waals surface area contributed by atoms with Crippen LogP contribution in [0.15, 0.2) is 68.4 Å². The van der Waals surface area contributed by atoms with Gasteiger partial charge in [-0.15, -0.1) is 0 Å². The summed E-state index contributed by atoms with van der Waals surface area (Å²) in [6, 6.07) is 14.8. The van der Waals surface area contributed by atoms with Crippen molar-refractivity contribution in [3.05, 3.63) is 69.6 Å². The molecule has 0 spiro atoms. The second-order valence-electron chi connectivity index (χ2n) is 4.88. The molecule has 0 radical (unpaired) electrons. The van der Waals surface area contributed by atoms with E-state index in [0.717, 1.165) is 15.2 Å². The molecule has 3 aromatic heterocycles. The van der Waals surface area contributed by atoms with Crippen molar-refractivity contribution in [2.45, 2.75) is 0 Å². The van der Waals surface area contributed by atoms with Gasteiger partial charge in [-0.25, -0.2) is 14.8 Å². The van der Waals surface area contributed by atoms with E-state index < -0.39 is 5.63 Å². The highest BCUT2D eigenvalue weighted by Gasteiger charge is 2.10. The highest BCUT2D eigenvalue weighted by molar-refractivity contribution is 9.10. The minimum atomic E-state index is -0.405. The Morgan fingerprint density at radius 1 is 1.00 bits per heavy atom. The Bertz CT molecular complexity index is 1070. The molecule has 4 rings (SSSR count). The van der Waals surface area contributed by atoms with Crippen molar-refractivity contribution in [2.75, 3.05) is 0 Å². The maximum atomic E-state index is 12.2. The first-order chi connectivity index (χ1) is 10.7. The summed E-state index contributed by atoms with van der Waals surface area (Å²) in [6.45, 7) is 0. The van der Waals surface area contributed by atoms with Gasteiger partial charge >= 0.3 is 5.63 Å². The number of rotatable bonds is 1. The van der Waals surface area contributed by atoms with Crippen molar-refractivity contribution in [3.8, 4) is 11.3 Å². The topological polar surface area (TPSA) is 56.0 Å². The summed E-state index contributed by atoms with van der Waals surface area (Å²) >= 11 is 3.42. The van der Waals surface area contributed by atoms with Crippen LogP contribution in [0.25, 0.3) is 33.3 Å². The average molecular weight is 353 g/mol. The van der Waals surface area contributed by atoms with Gasteiger partial charge in [0.2, 0.25) is 0 Å². The van der Waals surface area contributed by atoms with Crippen LogP contribution in [0.3, 0.4) is 0 Å². The number of benzene rings is 1. The SMILES string of the molecule is O=c1oc2ccc(Br)cc2cc1-c1ccc2cccnc2n1. The van der Waals surface area contributed by atoms with E-state index in [4.69, 9.17) is 4.42 Å². The summed E-state index contributed by atoms with van der Waals surface area (Å²) in [6.07, 6.45) is 1.68. The Balaban J connectivity index is 1.98. The number of hydrogen-bond donors (Lipinski definition) is 0. The molecule has 0 amide bonds. The lowest BCUT2D eigenvalue weighted by Crippen LogP contribution is -2.04. The second kappa shape index (κ2) is 5.03. The van der Waals surface area contributed by atoms with E-state index >= 15 is 0 Å². The predicted molar refractivity (Wildman–Crippen MR) is 88.7 cm³/mol. The van der Waals surface area contributed by atoms with Gasteiger partial charge in [0.15, 0.2) is 5.65 Å². The lowest BCUT2D eigenvalue weighted by Gasteiger charge is -2.03. The smallest absolute Gasteiger partial charge is 0.345 e. The molecule has 0 saturated heterocycles. The van der Waals surface area contributed by atoms with E-state index in [1.165, 1.54) is 0 Å². The van der Waals surface area contributed by atoms with Crippen LogP contribution in [-0.4, -0.2) is 9.97 Å². The molecule has 5 heteroatoms. The molecule has 22 heavy (non-hydrogen) atoms. The Morgan fingerprint density at radius 2 is 1.91 bits per heavy atom. The quantitative estimate of drug-likeness (QED) is 0.482. The molecule has 4 nitrogen and oxygen atoms in total. The fourth-order valence-corrected chi connectivity index (χ4v) is 2.75. The van der Waals surface area contributed by atoms with E-state index in [1.807, 2.05) is 30.3 Å². The molecule has 3 heterocycles. The first-order valence-electron chi connectivity index (χ1n) is 6.66. The van der Waals surface area contributed by atoms with Gasteiger partial charge in [0.05, 0.1) is 11.3 Å². The van der Waals surface area contributed by atoms with Crippen LogP contribution in [0.5, 0.6) is 0 Å². The van der Waals surface area contributed by atoms with E-state index in [1.54, 1.807) is 24.4 Å². The first-order valence-corrected chi connectivity index (χ1v) is 7.45. The molecule has 0 saturated carbocycles. The summed E-state index contributed by atoms with van der Waals surface area (Å²) in [4.78, 5) is 20.9. The minimum absolute atomic E-state index is 0.405. The molecule has 4 aromatic rings. The molecule has 0 N–H and O–H groups in total. The van der Waals surface area contributed by atoms with Crippen LogP contribution in [-0.2, 0) is 0 Å². The molecule has 0 fully saturated rings. The fourth-order valence-electron chi connectivity index (χ4n) is 2.38. The van der Waals surface area contributed by atoms with Gasteiger partial charge in [0.25, 0.3) is 0 Å². The highest BCUT2D eigenvalue weighted by atomic mass is 79.9. The molecule has 0 aliphatic carbocycles. The summed E-state index contributed by atoms with van der Waals surface area (Å²) in [7, 11) is 0. The van der Waals surface area contributed by atoms with Gasteiger partial charge in [-0.3, -0.25) is 0 Å². The number of fused-ring (bicyclic) bond motifs is 2. The van der Waals surface area contributed by atoms with E-state index in [0.29, 0.717) is 22.5 Å². The van der Waals surface area contributed by atoms with Gasteiger partial charge < -0.3 is 4.42 Å². The maximum absolute atomic E-state index is 12.2. The van der Waals surface area contributed by atoms with Crippen molar-refractivity contribution in [3.63, 3.8) is 0 Å². The Hall–Kier alpha value is -2.53. The monoisotopic (exact) mass is 352 g/mol. The number of pyridine rings is 2. The highest BCUT2D eigenvalue weighted by Crippen LogP contribution is 2.23. The Kier molecular flexibility index (Phi) is 3.01. The summed E-state index contributed by atoms with van der Waals surface area (Å²) in [5, 5.41) is 1.77. The van der Waals surface area contributed by atoms with E-state index in [9.17, 15) is 4.79 Å². The third-order valence-electron chi connectivity index (χ3n) is 3.43. The second-order valence-corrected chi connectivity index (χ2v) is 5.79.